The third-order valence-corrected chi connectivity index (χ3v) is 2.86. The smallest absolute Gasteiger partial charge is 0.333 e. The molecule has 0 radical (unpaired) electrons. The normalized spacial score (nSPS) is 18.9. The topological polar surface area (TPSA) is 55.4 Å². The molecule has 0 amide bonds. The number of hydrogen-bond donors (Lipinski definition) is 1. The van der Waals surface area contributed by atoms with Crippen molar-refractivity contribution in [3.05, 3.63) is 40.9 Å². The van der Waals surface area contributed by atoms with Crippen molar-refractivity contribution in [1.82, 2.24) is 5.32 Å². The molecule has 1 unspecified atom stereocenters. The summed E-state index contributed by atoms with van der Waals surface area (Å²) in [6.07, 6.45) is 3.16. The molecule has 5 heteroatoms. The van der Waals surface area contributed by atoms with E-state index in [0.29, 0.717) is 29.2 Å². The molecule has 1 atom stereocenters. The molecule has 0 fully saturated rings. The van der Waals surface area contributed by atoms with Crippen molar-refractivity contribution < 1.29 is 14.3 Å². The van der Waals surface area contributed by atoms with Crippen molar-refractivity contribution in [3.63, 3.8) is 0 Å². The molecule has 0 spiro atoms. The van der Waals surface area contributed by atoms with Gasteiger partial charge < -0.3 is 10.1 Å². The summed E-state index contributed by atoms with van der Waals surface area (Å²) >= 11 is 5.73. The maximum atomic E-state index is 11.9. The van der Waals surface area contributed by atoms with Crippen molar-refractivity contribution in [2.24, 2.45) is 0 Å². The number of halogens is 1. The van der Waals surface area contributed by atoms with Crippen molar-refractivity contribution in [2.75, 3.05) is 6.54 Å². The lowest BCUT2D eigenvalue weighted by molar-refractivity contribution is -0.136. The Labute approximate surface area is 110 Å². The standard InChI is InChI=1S/C13H12ClNO3/c14-10-3-5-11(6-4-10)18-13(17)12-9(8-16)2-1-7-15-12/h2-6,8,12,15H,1,7H2. The van der Waals surface area contributed by atoms with Crippen LogP contribution in [0.3, 0.4) is 0 Å². The minimum atomic E-state index is -0.688. The fraction of sp³-hybridized carbons (Fsp3) is 0.231. The molecule has 94 valence electrons. The Bertz CT molecular complexity index is 482. The molecule has 1 N–H and O–H groups in total. The summed E-state index contributed by atoms with van der Waals surface area (Å²) in [7, 11) is 0. The van der Waals surface area contributed by atoms with E-state index in [4.69, 9.17) is 16.3 Å². The van der Waals surface area contributed by atoms with E-state index in [1.807, 2.05) is 0 Å². The predicted molar refractivity (Wildman–Crippen MR) is 67.6 cm³/mol. The molecule has 4 nitrogen and oxygen atoms in total. The average Bonchev–Trinajstić information content (AvgIpc) is 2.41. The zero-order valence-corrected chi connectivity index (χ0v) is 10.3. The van der Waals surface area contributed by atoms with Gasteiger partial charge in [-0.05, 0) is 37.2 Å². The SMILES string of the molecule is O=CC1=CCCNC1C(=O)Oc1ccc(Cl)cc1. The lowest BCUT2D eigenvalue weighted by Crippen LogP contribution is -2.44. The number of esters is 1. The number of hydrogen-bond acceptors (Lipinski definition) is 4. The second kappa shape index (κ2) is 5.80. The predicted octanol–water partition coefficient (Wildman–Crippen LogP) is 1.73. The van der Waals surface area contributed by atoms with Crippen LogP contribution in [0.2, 0.25) is 5.02 Å². The third-order valence-electron chi connectivity index (χ3n) is 2.61. The van der Waals surface area contributed by atoms with Gasteiger partial charge in [-0.3, -0.25) is 4.79 Å². The molecular formula is C13H12ClNO3. The van der Waals surface area contributed by atoms with Crippen LogP contribution in [0.5, 0.6) is 5.75 Å². The lowest BCUT2D eigenvalue weighted by atomic mass is 10.0. The highest BCUT2D eigenvalue weighted by Gasteiger charge is 2.26. The largest absolute Gasteiger partial charge is 0.425 e. The van der Waals surface area contributed by atoms with Gasteiger partial charge in [0.15, 0.2) is 0 Å². The average molecular weight is 266 g/mol. The van der Waals surface area contributed by atoms with Crippen molar-refractivity contribution in [1.29, 1.82) is 0 Å². The van der Waals surface area contributed by atoms with Crippen LogP contribution in [0.1, 0.15) is 6.42 Å². The maximum absolute atomic E-state index is 11.9. The van der Waals surface area contributed by atoms with Crippen LogP contribution in [0.15, 0.2) is 35.9 Å². The molecule has 1 heterocycles. The van der Waals surface area contributed by atoms with Crippen molar-refractivity contribution in [2.45, 2.75) is 12.5 Å². The summed E-state index contributed by atoms with van der Waals surface area (Å²) in [5, 5.41) is 3.52. The van der Waals surface area contributed by atoms with Gasteiger partial charge in [-0.2, -0.15) is 0 Å². The Morgan fingerprint density at radius 2 is 2.11 bits per heavy atom. The van der Waals surface area contributed by atoms with Crippen LogP contribution in [0.4, 0.5) is 0 Å². The zero-order chi connectivity index (χ0) is 13.0. The Balaban J connectivity index is 2.07. The highest BCUT2D eigenvalue weighted by Crippen LogP contribution is 2.17. The molecule has 18 heavy (non-hydrogen) atoms. The number of rotatable bonds is 3. The number of carbonyl (C=O) groups excluding carboxylic acids is 2. The first-order chi connectivity index (χ1) is 8.70. The monoisotopic (exact) mass is 265 g/mol. The highest BCUT2D eigenvalue weighted by molar-refractivity contribution is 6.30. The summed E-state index contributed by atoms with van der Waals surface area (Å²) in [5.41, 5.74) is 0.417. The fourth-order valence-electron chi connectivity index (χ4n) is 1.72. The van der Waals surface area contributed by atoms with Crippen LogP contribution in [-0.4, -0.2) is 24.8 Å². The molecule has 1 aliphatic heterocycles. The van der Waals surface area contributed by atoms with Crippen molar-refractivity contribution in [3.8, 4) is 5.75 Å². The van der Waals surface area contributed by atoms with Crippen LogP contribution in [-0.2, 0) is 9.59 Å². The second-order valence-corrected chi connectivity index (χ2v) is 4.31. The van der Waals surface area contributed by atoms with Crippen molar-refractivity contribution >= 4 is 23.9 Å². The summed E-state index contributed by atoms with van der Waals surface area (Å²) in [6, 6.07) is 5.79. The number of ether oxygens (including phenoxy) is 1. The highest BCUT2D eigenvalue weighted by atomic mass is 35.5. The fourth-order valence-corrected chi connectivity index (χ4v) is 1.84. The first-order valence-corrected chi connectivity index (χ1v) is 5.94. The van der Waals surface area contributed by atoms with Crippen LogP contribution < -0.4 is 10.1 Å². The molecule has 1 aliphatic rings. The minimum Gasteiger partial charge on any atom is -0.425 e. The third kappa shape index (κ3) is 2.97. The number of aldehydes is 1. The van der Waals surface area contributed by atoms with Gasteiger partial charge in [0.25, 0.3) is 0 Å². The van der Waals surface area contributed by atoms with E-state index in [-0.39, 0.29) is 0 Å². The van der Waals surface area contributed by atoms with Crippen LogP contribution in [0, 0.1) is 0 Å². The maximum Gasteiger partial charge on any atom is 0.333 e. The second-order valence-electron chi connectivity index (χ2n) is 3.87. The van der Waals surface area contributed by atoms with Gasteiger partial charge >= 0.3 is 5.97 Å². The van der Waals surface area contributed by atoms with Crippen LogP contribution >= 0.6 is 11.6 Å². The quantitative estimate of drug-likeness (QED) is 0.514. The molecule has 1 aromatic carbocycles. The molecule has 0 bridgehead atoms. The molecule has 0 saturated carbocycles. The minimum absolute atomic E-state index is 0.405. The summed E-state index contributed by atoms with van der Waals surface area (Å²) < 4.78 is 5.18. The number of nitrogens with one attached hydrogen (secondary N) is 1. The van der Waals surface area contributed by atoms with Gasteiger partial charge in [-0.1, -0.05) is 17.7 Å². The Kier molecular flexibility index (Phi) is 4.12. The Morgan fingerprint density at radius 3 is 2.78 bits per heavy atom. The Hall–Kier alpha value is -1.65. The zero-order valence-electron chi connectivity index (χ0n) is 9.56. The van der Waals surface area contributed by atoms with Crippen LogP contribution in [0.25, 0.3) is 0 Å². The summed E-state index contributed by atoms with van der Waals surface area (Å²) in [6.45, 7) is 0.651. The van der Waals surface area contributed by atoms with Gasteiger partial charge in [0.2, 0.25) is 0 Å². The number of carbonyl (C=O) groups is 2. The molecule has 0 aliphatic carbocycles. The van der Waals surface area contributed by atoms with E-state index >= 15 is 0 Å². The molecule has 1 aromatic rings. The first-order valence-electron chi connectivity index (χ1n) is 5.56. The Morgan fingerprint density at radius 1 is 1.39 bits per heavy atom. The van der Waals surface area contributed by atoms with E-state index in [2.05, 4.69) is 5.32 Å². The van der Waals surface area contributed by atoms with Gasteiger partial charge in [0.05, 0.1) is 0 Å². The van der Waals surface area contributed by atoms with Gasteiger partial charge in [-0.15, -0.1) is 0 Å². The van der Waals surface area contributed by atoms with E-state index in [1.165, 1.54) is 0 Å². The molecular weight excluding hydrogens is 254 g/mol. The van der Waals surface area contributed by atoms with E-state index in [1.54, 1.807) is 30.3 Å². The summed E-state index contributed by atoms with van der Waals surface area (Å²) in [4.78, 5) is 22.7. The van der Waals surface area contributed by atoms with Gasteiger partial charge in [0, 0.05) is 10.6 Å². The van der Waals surface area contributed by atoms with E-state index < -0.39 is 12.0 Å². The van der Waals surface area contributed by atoms with E-state index in [0.717, 1.165) is 6.42 Å². The number of benzene rings is 1. The first kappa shape index (κ1) is 12.8. The summed E-state index contributed by atoms with van der Waals surface area (Å²) in [5.74, 6) is -0.0857. The molecule has 0 saturated heterocycles. The molecule has 2 rings (SSSR count). The molecule has 0 aromatic heterocycles. The lowest BCUT2D eigenvalue weighted by Gasteiger charge is -2.20. The van der Waals surface area contributed by atoms with Gasteiger partial charge in [0.1, 0.15) is 18.1 Å². The van der Waals surface area contributed by atoms with Gasteiger partial charge in [-0.25, -0.2) is 4.79 Å². The van der Waals surface area contributed by atoms with E-state index in [9.17, 15) is 9.59 Å².